The summed E-state index contributed by atoms with van der Waals surface area (Å²) in [4.78, 5) is 16.6. The van der Waals surface area contributed by atoms with E-state index in [1.165, 1.54) is 23.5 Å². The fraction of sp³-hybridized carbons (Fsp3) is 0.130. The molecule has 32 heavy (non-hydrogen) atoms. The molecule has 4 nitrogen and oxygen atoms in total. The van der Waals surface area contributed by atoms with Crippen molar-refractivity contribution in [2.45, 2.75) is 19.6 Å². The van der Waals surface area contributed by atoms with Crippen molar-refractivity contribution in [3.05, 3.63) is 87.4 Å². The third kappa shape index (κ3) is 4.28. The molecule has 0 saturated heterocycles. The molecule has 0 aliphatic rings. The van der Waals surface area contributed by atoms with Gasteiger partial charge in [0.15, 0.2) is 0 Å². The Morgan fingerprint density at radius 2 is 1.91 bits per heavy atom. The summed E-state index contributed by atoms with van der Waals surface area (Å²) in [5.41, 5.74) is 7.45. The molecule has 4 aromatic rings. The van der Waals surface area contributed by atoms with Crippen molar-refractivity contribution in [2.75, 3.05) is 0 Å². The molecular formula is C23H17ClF3N3OS. The van der Waals surface area contributed by atoms with Crippen LogP contribution in [0.25, 0.3) is 22.0 Å². The van der Waals surface area contributed by atoms with Crippen LogP contribution in [-0.2, 0) is 12.7 Å². The Morgan fingerprint density at radius 3 is 2.59 bits per heavy atom. The van der Waals surface area contributed by atoms with E-state index in [0.717, 1.165) is 11.6 Å². The largest absolute Gasteiger partial charge is 0.416 e. The molecule has 0 radical (unpaired) electrons. The lowest BCUT2D eigenvalue weighted by atomic mass is 10.1. The topological polar surface area (TPSA) is 60.9 Å². The molecular weight excluding hydrogens is 459 g/mol. The molecule has 2 aromatic carbocycles. The van der Waals surface area contributed by atoms with Crippen LogP contribution in [0.1, 0.15) is 27.2 Å². The highest BCUT2D eigenvalue weighted by Crippen LogP contribution is 2.35. The zero-order valence-electron chi connectivity index (χ0n) is 16.8. The molecule has 0 atom stereocenters. The number of primary amides is 1. The number of aromatic nitrogens is 2. The lowest BCUT2D eigenvalue weighted by Gasteiger charge is -2.16. The molecule has 4 rings (SSSR count). The fourth-order valence-electron chi connectivity index (χ4n) is 3.56. The van der Waals surface area contributed by atoms with Gasteiger partial charge in [0.1, 0.15) is 5.01 Å². The monoisotopic (exact) mass is 475 g/mol. The van der Waals surface area contributed by atoms with Gasteiger partial charge in [0.25, 0.3) is 5.91 Å². The number of halogens is 4. The van der Waals surface area contributed by atoms with Gasteiger partial charge in [-0.15, -0.1) is 11.3 Å². The van der Waals surface area contributed by atoms with Gasteiger partial charge in [-0.2, -0.15) is 13.2 Å². The van der Waals surface area contributed by atoms with Crippen LogP contribution in [0.3, 0.4) is 0 Å². The van der Waals surface area contributed by atoms with E-state index in [-0.39, 0.29) is 17.7 Å². The SMILES string of the molecule is Cc1c(C(N)=O)cc(-c2csc(-c3cccc(Cl)c3)n2)n1Cc1ccccc1C(F)(F)F. The molecule has 0 fully saturated rings. The van der Waals surface area contributed by atoms with E-state index >= 15 is 0 Å². The van der Waals surface area contributed by atoms with Crippen LogP contribution in [0.15, 0.2) is 60.0 Å². The second-order valence-electron chi connectivity index (χ2n) is 7.18. The van der Waals surface area contributed by atoms with Gasteiger partial charge in [-0.05, 0) is 36.8 Å². The van der Waals surface area contributed by atoms with Crippen molar-refractivity contribution < 1.29 is 18.0 Å². The van der Waals surface area contributed by atoms with Crippen LogP contribution in [-0.4, -0.2) is 15.5 Å². The fourth-order valence-corrected chi connectivity index (χ4v) is 4.56. The second kappa shape index (κ2) is 8.44. The first-order chi connectivity index (χ1) is 15.1. The minimum Gasteiger partial charge on any atom is -0.366 e. The first-order valence-corrected chi connectivity index (χ1v) is 10.8. The third-order valence-corrected chi connectivity index (χ3v) is 6.25. The number of amides is 1. The van der Waals surface area contributed by atoms with Crippen LogP contribution < -0.4 is 5.73 Å². The van der Waals surface area contributed by atoms with Crippen LogP contribution in [0.5, 0.6) is 0 Å². The Bertz CT molecular complexity index is 1310. The van der Waals surface area contributed by atoms with E-state index in [9.17, 15) is 18.0 Å². The number of rotatable bonds is 5. The maximum atomic E-state index is 13.5. The minimum absolute atomic E-state index is 0.0845. The summed E-state index contributed by atoms with van der Waals surface area (Å²) in [6.45, 7) is 1.57. The Labute approximate surface area is 191 Å². The van der Waals surface area contributed by atoms with E-state index in [1.54, 1.807) is 41.1 Å². The number of hydrogen-bond acceptors (Lipinski definition) is 3. The van der Waals surface area contributed by atoms with E-state index < -0.39 is 17.6 Å². The van der Waals surface area contributed by atoms with Crippen molar-refractivity contribution in [3.63, 3.8) is 0 Å². The van der Waals surface area contributed by atoms with E-state index in [2.05, 4.69) is 4.98 Å². The molecule has 2 heterocycles. The number of carbonyl (C=O) groups is 1. The summed E-state index contributed by atoms with van der Waals surface area (Å²) in [7, 11) is 0. The summed E-state index contributed by atoms with van der Waals surface area (Å²) in [5, 5.41) is 3.06. The third-order valence-electron chi connectivity index (χ3n) is 5.12. The van der Waals surface area contributed by atoms with Crippen LogP contribution >= 0.6 is 22.9 Å². The zero-order valence-corrected chi connectivity index (χ0v) is 18.4. The smallest absolute Gasteiger partial charge is 0.366 e. The van der Waals surface area contributed by atoms with Crippen molar-refractivity contribution in [2.24, 2.45) is 5.73 Å². The number of hydrogen-bond donors (Lipinski definition) is 1. The summed E-state index contributed by atoms with van der Waals surface area (Å²) in [6, 6.07) is 14.2. The Balaban J connectivity index is 1.82. The molecule has 0 aliphatic carbocycles. The van der Waals surface area contributed by atoms with Gasteiger partial charge < -0.3 is 10.3 Å². The summed E-state index contributed by atoms with van der Waals surface area (Å²) >= 11 is 7.45. The van der Waals surface area contributed by atoms with Crippen LogP contribution in [0, 0.1) is 6.92 Å². The molecule has 9 heteroatoms. The van der Waals surface area contributed by atoms with Gasteiger partial charge in [-0.25, -0.2) is 4.98 Å². The molecule has 1 amide bonds. The molecule has 164 valence electrons. The highest BCUT2D eigenvalue weighted by atomic mass is 35.5. The van der Waals surface area contributed by atoms with Gasteiger partial charge in [0.05, 0.1) is 22.5 Å². The van der Waals surface area contributed by atoms with Gasteiger partial charge in [-0.3, -0.25) is 4.79 Å². The first kappa shape index (κ1) is 22.1. The predicted octanol–water partition coefficient (Wildman–Crippen LogP) is 6.41. The van der Waals surface area contributed by atoms with Gasteiger partial charge in [-0.1, -0.05) is 41.9 Å². The van der Waals surface area contributed by atoms with Gasteiger partial charge in [0.2, 0.25) is 0 Å². The van der Waals surface area contributed by atoms with E-state index in [1.807, 2.05) is 12.1 Å². The Kier molecular flexibility index (Phi) is 5.83. The highest BCUT2D eigenvalue weighted by Gasteiger charge is 2.33. The van der Waals surface area contributed by atoms with Crippen LogP contribution in [0.2, 0.25) is 5.02 Å². The number of alkyl halides is 3. The summed E-state index contributed by atoms with van der Waals surface area (Å²) in [5.74, 6) is -0.656. The maximum absolute atomic E-state index is 13.5. The average Bonchev–Trinajstić information content (AvgIpc) is 3.33. The first-order valence-electron chi connectivity index (χ1n) is 9.52. The standard InChI is InChI=1S/C23H17ClF3N3OS/c1-13-17(21(28)31)10-20(19-12-32-22(29-19)14-6-4-7-16(24)9-14)30(13)11-15-5-2-3-8-18(15)23(25,26)27/h2-10,12H,11H2,1H3,(H2,28,31). The molecule has 2 aromatic heterocycles. The zero-order chi connectivity index (χ0) is 23.0. The minimum atomic E-state index is -4.50. The number of carbonyl (C=O) groups excluding carboxylic acids is 1. The lowest BCUT2D eigenvalue weighted by molar-refractivity contribution is -0.138. The van der Waals surface area contributed by atoms with Crippen LogP contribution in [0.4, 0.5) is 13.2 Å². The van der Waals surface area contributed by atoms with Crippen molar-refractivity contribution >= 4 is 28.8 Å². The van der Waals surface area contributed by atoms with Crippen molar-refractivity contribution in [1.29, 1.82) is 0 Å². The average molecular weight is 476 g/mol. The molecule has 0 saturated carbocycles. The number of nitrogens with zero attached hydrogens (tertiary/aromatic N) is 2. The summed E-state index contributed by atoms with van der Waals surface area (Å²) < 4.78 is 42.2. The molecule has 0 spiro atoms. The Hall–Kier alpha value is -3.10. The number of benzene rings is 2. The summed E-state index contributed by atoms with van der Waals surface area (Å²) in [6.07, 6.45) is -4.50. The number of nitrogens with two attached hydrogens (primary N) is 1. The molecule has 2 N–H and O–H groups in total. The van der Waals surface area contributed by atoms with E-state index in [0.29, 0.717) is 27.1 Å². The van der Waals surface area contributed by atoms with Crippen molar-refractivity contribution in [1.82, 2.24) is 9.55 Å². The highest BCUT2D eigenvalue weighted by molar-refractivity contribution is 7.13. The van der Waals surface area contributed by atoms with Gasteiger partial charge >= 0.3 is 6.18 Å². The second-order valence-corrected chi connectivity index (χ2v) is 8.48. The van der Waals surface area contributed by atoms with Gasteiger partial charge in [0, 0.05) is 28.2 Å². The maximum Gasteiger partial charge on any atom is 0.416 e. The Morgan fingerprint density at radius 1 is 1.16 bits per heavy atom. The normalized spacial score (nSPS) is 11.7. The number of thiazole rings is 1. The quantitative estimate of drug-likeness (QED) is 0.362. The molecule has 0 bridgehead atoms. The molecule has 0 aliphatic heterocycles. The predicted molar refractivity (Wildman–Crippen MR) is 120 cm³/mol. The molecule has 0 unspecified atom stereocenters. The van der Waals surface area contributed by atoms with E-state index in [4.69, 9.17) is 17.3 Å². The van der Waals surface area contributed by atoms with Crippen molar-refractivity contribution in [3.8, 4) is 22.0 Å². The lowest BCUT2D eigenvalue weighted by Crippen LogP contribution is -2.15.